The van der Waals surface area contributed by atoms with Gasteiger partial charge in [0.05, 0.1) is 11.2 Å². The lowest BCUT2D eigenvalue weighted by atomic mass is 9.72. The van der Waals surface area contributed by atoms with Gasteiger partial charge < -0.3 is 9.47 Å². The summed E-state index contributed by atoms with van der Waals surface area (Å²) in [6.07, 6.45) is 4.74. The molecule has 2 nitrogen and oxygen atoms in total. The summed E-state index contributed by atoms with van der Waals surface area (Å²) in [6.45, 7) is 13.1. The van der Waals surface area contributed by atoms with Crippen LogP contribution in [-0.4, -0.2) is 17.0 Å². The third-order valence-electron chi connectivity index (χ3n) is 4.88. The van der Waals surface area contributed by atoms with Crippen molar-refractivity contribution in [3.63, 3.8) is 0 Å². The molecule has 0 atom stereocenters. The third-order valence-corrected chi connectivity index (χ3v) is 4.88. The quantitative estimate of drug-likeness (QED) is 0.624. The molecule has 2 heteroatoms. The van der Waals surface area contributed by atoms with Crippen LogP contribution in [0.25, 0.3) is 0 Å². The number of hydrogen-bond acceptors (Lipinski definition) is 2. The number of rotatable bonds is 0. The van der Waals surface area contributed by atoms with Gasteiger partial charge in [-0.3, -0.25) is 0 Å². The Bertz CT molecular complexity index is 273. The normalized spacial score (nSPS) is 34.1. The Balaban J connectivity index is 2.35. The zero-order valence-electron chi connectivity index (χ0n) is 11.6. The molecule has 2 fully saturated rings. The Hall–Kier alpha value is -0.0800. The highest BCUT2D eigenvalue weighted by Crippen LogP contribution is 2.56. The molecule has 0 aromatic rings. The second-order valence-electron chi connectivity index (χ2n) is 7.07. The highest BCUT2D eigenvalue weighted by atomic mass is 16.8. The predicted octanol–water partition coefficient (Wildman–Crippen LogP) is 3.89. The van der Waals surface area contributed by atoms with Gasteiger partial charge in [-0.05, 0) is 40.5 Å². The van der Waals surface area contributed by atoms with Crippen LogP contribution in [0.5, 0.6) is 0 Å². The van der Waals surface area contributed by atoms with E-state index in [-0.39, 0.29) is 22.4 Å². The molecule has 1 saturated heterocycles. The summed E-state index contributed by atoms with van der Waals surface area (Å²) in [4.78, 5) is 0. The first kappa shape index (κ1) is 12.4. The van der Waals surface area contributed by atoms with Crippen LogP contribution in [0.2, 0.25) is 0 Å². The van der Waals surface area contributed by atoms with E-state index < -0.39 is 0 Å². The summed E-state index contributed by atoms with van der Waals surface area (Å²) in [5.74, 6) is -0.363. The van der Waals surface area contributed by atoms with E-state index in [0.29, 0.717) is 0 Å². The minimum absolute atomic E-state index is 0.121. The zero-order valence-corrected chi connectivity index (χ0v) is 11.6. The summed E-state index contributed by atoms with van der Waals surface area (Å²) >= 11 is 0. The van der Waals surface area contributed by atoms with Crippen molar-refractivity contribution in [1.82, 2.24) is 0 Å². The van der Waals surface area contributed by atoms with Crippen molar-refractivity contribution < 1.29 is 9.47 Å². The van der Waals surface area contributed by atoms with E-state index in [9.17, 15) is 0 Å². The van der Waals surface area contributed by atoms with Gasteiger partial charge in [0.15, 0.2) is 5.79 Å². The van der Waals surface area contributed by atoms with Crippen LogP contribution in [0.15, 0.2) is 0 Å². The monoisotopic (exact) mass is 226 g/mol. The third kappa shape index (κ3) is 1.53. The first-order valence-electron chi connectivity index (χ1n) is 6.52. The summed E-state index contributed by atoms with van der Waals surface area (Å²) in [6, 6.07) is 0. The topological polar surface area (TPSA) is 18.5 Å². The fourth-order valence-electron chi connectivity index (χ4n) is 2.92. The molecule has 1 spiro atoms. The molecular weight excluding hydrogens is 200 g/mol. The average molecular weight is 226 g/mol. The smallest absolute Gasteiger partial charge is 0.175 e. The Morgan fingerprint density at radius 2 is 1.12 bits per heavy atom. The second-order valence-corrected chi connectivity index (χ2v) is 7.07. The van der Waals surface area contributed by atoms with E-state index in [2.05, 4.69) is 41.5 Å². The molecule has 0 amide bonds. The Morgan fingerprint density at radius 1 is 0.688 bits per heavy atom. The number of ether oxygens (including phenoxy) is 2. The van der Waals surface area contributed by atoms with Gasteiger partial charge in [0.2, 0.25) is 0 Å². The van der Waals surface area contributed by atoms with E-state index >= 15 is 0 Å². The molecule has 0 bridgehead atoms. The van der Waals surface area contributed by atoms with E-state index in [4.69, 9.17) is 9.47 Å². The summed E-state index contributed by atoms with van der Waals surface area (Å²) in [5.41, 5.74) is -0.292. The van der Waals surface area contributed by atoms with Gasteiger partial charge in [0, 0.05) is 11.8 Å². The predicted molar refractivity (Wildman–Crippen MR) is 65.3 cm³/mol. The second kappa shape index (κ2) is 3.23. The van der Waals surface area contributed by atoms with Gasteiger partial charge in [-0.25, -0.2) is 0 Å². The molecule has 0 aromatic carbocycles. The molecule has 16 heavy (non-hydrogen) atoms. The van der Waals surface area contributed by atoms with E-state index in [1.165, 1.54) is 19.3 Å². The van der Waals surface area contributed by atoms with Gasteiger partial charge in [-0.2, -0.15) is 0 Å². The minimum Gasteiger partial charge on any atom is -0.340 e. The molecule has 0 aromatic heterocycles. The van der Waals surface area contributed by atoms with Crippen molar-refractivity contribution in [2.45, 2.75) is 84.2 Å². The lowest BCUT2D eigenvalue weighted by Gasteiger charge is -2.46. The minimum atomic E-state index is -0.363. The van der Waals surface area contributed by atoms with Crippen LogP contribution < -0.4 is 0 Å². The standard InChI is InChI=1S/C14H26O2/c1-11(2)9-7-8-10-14(11)15-12(3,4)13(5,6)16-14/h7-10H2,1-6H3. The van der Waals surface area contributed by atoms with Crippen molar-refractivity contribution in [2.75, 3.05) is 0 Å². The van der Waals surface area contributed by atoms with Crippen molar-refractivity contribution in [1.29, 1.82) is 0 Å². The van der Waals surface area contributed by atoms with Crippen molar-refractivity contribution >= 4 is 0 Å². The van der Waals surface area contributed by atoms with Gasteiger partial charge in [-0.1, -0.05) is 20.3 Å². The van der Waals surface area contributed by atoms with Crippen LogP contribution in [-0.2, 0) is 9.47 Å². The maximum absolute atomic E-state index is 6.39. The van der Waals surface area contributed by atoms with Gasteiger partial charge >= 0.3 is 0 Å². The van der Waals surface area contributed by atoms with Crippen LogP contribution >= 0.6 is 0 Å². The first-order valence-corrected chi connectivity index (χ1v) is 6.52. The molecule has 1 aliphatic carbocycles. The summed E-state index contributed by atoms with van der Waals surface area (Å²) < 4.78 is 12.8. The van der Waals surface area contributed by atoms with Crippen LogP contribution in [0.4, 0.5) is 0 Å². The Morgan fingerprint density at radius 3 is 1.56 bits per heavy atom. The molecule has 0 N–H and O–H groups in total. The van der Waals surface area contributed by atoms with Crippen LogP contribution in [0.3, 0.4) is 0 Å². The highest BCUT2D eigenvalue weighted by Gasteiger charge is 2.62. The SMILES string of the molecule is CC1(C)CCCCC12OC(C)(C)C(C)(C)O2. The molecule has 2 aliphatic rings. The highest BCUT2D eigenvalue weighted by molar-refractivity contribution is 5.05. The van der Waals surface area contributed by atoms with Crippen LogP contribution in [0.1, 0.15) is 67.2 Å². The lowest BCUT2D eigenvalue weighted by Crippen LogP contribution is -2.49. The first-order chi connectivity index (χ1) is 7.12. The van der Waals surface area contributed by atoms with Crippen molar-refractivity contribution in [3.05, 3.63) is 0 Å². The fourth-order valence-corrected chi connectivity index (χ4v) is 2.92. The van der Waals surface area contributed by atoms with E-state index in [1.54, 1.807) is 0 Å². The molecule has 94 valence electrons. The van der Waals surface area contributed by atoms with Crippen molar-refractivity contribution in [3.8, 4) is 0 Å². The summed E-state index contributed by atoms with van der Waals surface area (Å²) in [7, 11) is 0. The molecule has 1 heterocycles. The Kier molecular flexibility index (Phi) is 2.50. The van der Waals surface area contributed by atoms with Gasteiger partial charge in [0.25, 0.3) is 0 Å². The molecule has 2 rings (SSSR count). The lowest BCUT2D eigenvalue weighted by molar-refractivity contribution is -0.270. The van der Waals surface area contributed by atoms with Gasteiger partial charge in [-0.15, -0.1) is 0 Å². The van der Waals surface area contributed by atoms with E-state index in [0.717, 1.165) is 6.42 Å². The largest absolute Gasteiger partial charge is 0.340 e. The maximum atomic E-state index is 6.39. The molecule has 1 saturated carbocycles. The van der Waals surface area contributed by atoms with Gasteiger partial charge in [0.1, 0.15) is 0 Å². The fraction of sp³-hybridized carbons (Fsp3) is 1.00. The molecule has 0 unspecified atom stereocenters. The molecule has 1 aliphatic heterocycles. The average Bonchev–Trinajstić information content (AvgIpc) is 2.26. The van der Waals surface area contributed by atoms with Crippen molar-refractivity contribution in [2.24, 2.45) is 5.41 Å². The zero-order chi connectivity index (χ0) is 12.2. The van der Waals surface area contributed by atoms with Crippen LogP contribution in [0, 0.1) is 5.41 Å². The summed E-state index contributed by atoms with van der Waals surface area (Å²) in [5, 5.41) is 0. The molecular formula is C14H26O2. The number of hydrogen-bond donors (Lipinski definition) is 0. The Labute approximate surface area is 99.7 Å². The molecule has 0 radical (unpaired) electrons. The maximum Gasteiger partial charge on any atom is 0.175 e. The van der Waals surface area contributed by atoms with E-state index in [1.807, 2.05) is 0 Å².